The van der Waals surface area contributed by atoms with Crippen LogP contribution in [0.2, 0.25) is 0 Å². The second-order valence-corrected chi connectivity index (χ2v) is 5.40. The number of nitrogens with zero attached hydrogens (tertiary/aromatic N) is 2. The lowest BCUT2D eigenvalue weighted by Crippen LogP contribution is -2.34. The normalized spacial score (nSPS) is 23.1. The fourth-order valence-electron chi connectivity index (χ4n) is 2.84. The second-order valence-electron chi connectivity index (χ2n) is 5.40. The van der Waals surface area contributed by atoms with Crippen LogP contribution in [0, 0.1) is 5.92 Å². The zero-order chi connectivity index (χ0) is 14.2. The number of ether oxygens (including phenoxy) is 2. The topological polar surface area (TPSA) is 48.3 Å². The van der Waals surface area contributed by atoms with Crippen molar-refractivity contribution < 1.29 is 9.47 Å². The van der Waals surface area contributed by atoms with E-state index >= 15 is 0 Å². The Bertz CT molecular complexity index is 381. The van der Waals surface area contributed by atoms with Crippen molar-refractivity contribution in [3.05, 3.63) is 18.2 Å². The van der Waals surface area contributed by atoms with Crippen LogP contribution in [-0.2, 0) is 16.0 Å². The van der Waals surface area contributed by atoms with E-state index in [4.69, 9.17) is 9.47 Å². The molecule has 5 nitrogen and oxygen atoms in total. The molecule has 20 heavy (non-hydrogen) atoms. The van der Waals surface area contributed by atoms with Gasteiger partial charge in [-0.1, -0.05) is 6.92 Å². The van der Waals surface area contributed by atoms with Crippen LogP contribution in [0.4, 0.5) is 0 Å². The third-order valence-corrected chi connectivity index (χ3v) is 3.83. The van der Waals surface area contributed by atoms with E-state index in [1.165, 1.54) is 12.1 Å². The molecule has 0 aromatic carbocycles. The summed E-state index contributed by atoms with van der Waals surface area (Å²) in [5, 5.41) is 3.46. The standard InChI is InChI=1S/C15H27N3O2/c1-3-7-18-12-17-11-14(18)15-13(5-4-8-20-15)10-16-6-9-19-2/h11-13,15-16H,3-10H2,1-2H3. The van der Waals surface area contributed by atoms with E-state index in [-0.39, 0.29) is 6.10 Å². The van der Waals surface area contributed by atoms with E-state index in [1.807, 2.05) is 12.5 Å². The van der Waals surface area contributed by atoms with Crippen molar-refractivity contribution in [2.75, 3.05) is 33.4 Å². The number of hydrogen-bond donors (Lipinski definition) is 1. The van der Waals surface area contributed by atoms with Gasteiger partial charge in [0, 0.05) is 39.3 Å². The van der Waals surface area contributed by atoms with Gasteiger partial charge in [0.1, 0.15) is 6.10 Å². The molecule has 0 radical (unpaired) electrons. The average Bonchev–Trinajstić information content (AvgIpc) is 2.93. The first-order valence-electron chi connectivity index (χ1n) is 7.68. The first-order valence-corrected chi connectivity index (χ1v) is 7.68. The van der Waals surface area contributed by atoms with Gasteiger partial charge in [-0.05, 0) is 19.3 Å². The molecule has 2 atom stereocenters. The summed E-state index contributed by atoms with van der Waals surface area (Å²) >= 11 is 0. The van der Waals surface area contributed by atoms with E-state index in [0.717, 1.165) is 45.7 Å². The van der Waals surface area contributed by atoms with Gasteiger partial charge in [-0.15, -0.1) is 0 Å². The molecule has 1 aliphatic heterocycles. The van der Waals surface area contributed by atoms with Gasteiger partial charge in [0.25, 0.3) is 0 Å². The van der Waals surface area contributed by atoms with Crippen molar-refractivity contribution in [1.82, 2.24) is 14.9 Å². The Morgan fingerprint density at radius 1 is 1.55 bits per heavy atom. The Kier molecular flexibility index (Phi) is 6.50. The third kappa shape index (κ3) is 4.04. The Morgan fingerprint density at radius 3 is 3.25 bits per heavy atom. The third-order valence-electron chi connectivity index (χ3n) is 3.83. The molecular formula is C15H27N3O2. The lowest BCUT2D eigenvalue weighted by Gasteiger charge is -2.32. The number of methoxy groups -OCH3 is 1. The molecule has 114 valence electrons. The number of nitrogens with one attached hydrogen (secondary N) is 1. The van der Waals surface area contributed by atoms with Crippen LogP contribution in [0.15, 0.2) is 12.5 Å². The minimum Gasteiger partial charge on any atom is -0.383 e. The van der Waals surface area contributed by atoms with Gasteiger partial charge >= 0.3 is 0 Å². The molecule has 1 fully saturated rings. The Hall–Kier alpha value is -0.910. The quantitative estimate of drug-likeness (QED) is 0.740. The molecule has 1 aromatic heterocycles. The predicted octanol–water partition coefficient (Wildman–Crippen LogP) is 2.00. The SMILES string of the molecule is CCCn1cncc1C1OCCCC1CNCCOC. The van der Waals surface area contributed by atoms with E-state index in [0.29, 0.717) is 5.92 Å². The number of aryl methyl sites for hydroxylation is 1. The van der Waals surface area contributed by atoms with Crippen LogP contribution in [0.1, 0.15) is 38.0 Å². The van der Waals surface area contributed by atoms with Crippen LogP contribution >= 0.6 is 0 Å². The van der Waals surface area contributed by atoms with E-state index < -0.39 is 0 Å². The molecule has 0 aliphatic carbocycles. The number of hydrogen-bond acceptors (Lipinski definition) is 4. The van der Waals surface area contributed by atoms with E-state index in [2.05, 4.69) is 21.8 Å². The molecule has 0 bridgehead atoms. The minimum atomic E-state index is 0.174. The van der Waals surface area contributed by atoms with Crippen LogP contribution in [-0.4, -0.2) is 43.0 Å². The van der Waals surface area contributed by atoms with Crippen molar-refractivity contribution >= 4 is 0 Å². The van der Waals surface area contributed by atoms with Gasteiger partial charge < -0.3 is 19.4 Å². The Morgan fingerprint density at radius 2 is 2.45 bits per heavy atom. The second kappa shape index (κ2) is 8.39. The average molecular weight is 281 g/mol. The monoisotopic (exact) mass is 281 g/mol. The molecule has 1 saturated heterocycles. The summed E-state index contributed by atoms with van der Waals surface area (Å²) in [6.45, 7) is 6.69. The summed E-state index contributed by atoms with van der Waals surface area (Å²) in [6.07, 6.45) is 7.54. The van der Waals surface area contributed by atoms with E-state index in [1.54, 1.807) is 7.11 Å². The largest absolute Gasteiger partial charge is 0.383 e. The maximum Gasteiger partial charge on any atom is 0.103 e. The highest BCUT2D eigenvalue weighted by molar-refractivity contribution is 5.06. The van der Waals surface area contributed by atoms with Crippen LogP contribution in [0.3, 0.4) is 0 Å². The van der Waals surface area contributed by atoms with Crippen molar-refractivity contribution in [1.29, 1.82) is 0 Å². The summed E-state index contributed by atoms with van der Waals surface area (Å²) in [7, 11) is 1.73. The molecule has 1 aromatic rings. The van der Waals surface area contributed by atoms with Gasteiger partial charge in [-0.25, -0.2) is 4.98 Å². The number of imidazole rings is 1. The highest BCUT2D eigenvalue weighted by Gasteiger charge is 2.29. The minimum absolute atomic E-state index is 0.174. The molecular weight excluding hydrogens is 254 g/mol. The van der Waals surface area contributed by atoms with Gasteiger partial charge in [-0.2, -0.15) is 0 Å². The lowest BCUT2D eigenvalue weighted by atomic mass is 9.92. The molecule has 1 N–H and O–H groups in total. The van der Waals surface area contributed by atoms with Crippen molar-refractivity contribution in [2.45, 2.75) is 38.8 Å². The molecule has 0 spiro atoms. The number of rotatable bonds is 8. The van der Waals surface area contributed by atoms with Crippen LogP contribution in [0.25, 0.3) is 0 Å². The smallest absolute Gasteiger partial charge is 0.103 e. The van der Waals surface area contributed by atoms with Gasteiger partial charge in [0.05, 0.1) is 24.8 Å². The van der Waals surface area contributed by atoms with Crippen LogP contribution in [0.5, 0.6) is 0 Å². The highest BCUT2D eigenvalue weighted by atomic mass is 16.5. The molecule has 0 amide bonds. The zero-order valence-electron chi connectivity index (χ0n) is 12.7. The molecule has 0 saturated carbocycles. The molecule has 2 rings (SSSR count). The van der Waals surface area contributed by atoms with Crippen molar-refractivity contribution in [3.63, 3.8) is 0 Å². The summed E-state index contributed by atoms with van der Waals surface area (Å²) in [4.78, 5) is 4.30. The molecule has 5 heteroatoms. The van der Waals surface area contributed by atoms with Gasteiger partial charge in [0.2, 0.25) is 0 Å². The van der Waals surface area contributed by atoms with Gasteiger partial charge in [-0.3, -0.25) is 0 Å². The maximum absolute atomic E-state index is 6.05. The van der Waals surface area contributed by atoms with Crippen molar-refractivity contribution in [2.24, 2.45) is 5.92 Å². The Labute approximate surface area is 121 Å². The summed E-state index contributed by atoms with van der Waals surface area (Å²) in [6, 6.07) is 0. The van der Waals surface area contributed by atoms with E-state index in [9.17, 15) is 0 Å². The molecule has 2 heterocycles. The fourth-order valence-corrected chi connectivity index (χ4v) is 2.84. The fraction of sp³-hybridized carbons (Fsp3) is 0.800. The van der Waals surface area contributed by atoms with Gasteiger partial charge in [0.15, 0.2) is 0 Å². The summed E-state index contributed by atoms with van der Waals surface area (Å²) in [5.41, 5.74) is 1.23. The summed E-state index contributed by atoms with van der Waals surface area (Å²) in [5.74, 6) is 0.521. The first kappa shape index (κ1) is 15.5. The lowest BCUT2D eigenvalue weighted by molar-refractivity contribution is -0.0324. The maximum atomic E-state index is 6.05. The first-order chi connectivity index (χ1) is 9.86. The van der Waals surface area contributed by atoms with Crippen LogP contribution < -0.4 is 5.32 Å². The Balaban J connectivity index is 1.96. The molecule has 2 unspecified atom stereocenters. The summed E-state index contributed by atoms with van der Waals surface area (Å²) < 4.78 is 13.4. The number of aromatic nitrogens is 2. The van der Waals surface area contributed by atoms with Crippen molar-refractivity contribution in [3.8, 4) is 0 Å². The zero-order valence-corrected chi connectivity index (χ0v) is 12.7. The highest BCUT2D eigenvalue weighted by Crippen LogP contribution is 2.33. The predicted molar refractivity (Wildman–Crippen MR) is 78.7 cm³/mol. The molecule has 1 aliphatic rings.